The van der Waals surface area contributed by atoms with Gasteiger partial charge in [-0.1, -0.05) is 0 Å². The maximum atomic E-state index is 5.78. The van der Waals surface area contributed by atoms with Crippen LogP contribution in [0.3, 0.4) is 0 Å². The molecule has 0 spiro atoms. The molecule has 0 aliphatic heterocycles. The summed E-state index contributed by atoms with van der Waals surface area (Å²) < 4.78 is 0.775. The second-order valence-electron chi connectivity index (χ2n) is 5.21. The molecule has 2 fully saturated rings. The third-order valence-electron chi connectivity index (χ3n) is 3.34. The van der Waals surface area contributed by atoms with Gasteiger partial charge in [-0.15, -0.1) is 0 Å². The van der Waals surface area contributed by atoms with Gasteiger partial charge in [-0.3, -0.25) is 0 Å². The smallest absolute Gasteiger partial charge is 0.228 e. The topological polar surface area (TPSA) is 55.0 Å². The zero-order valence-corrected chi connectivity index (χ0v) is 11.4. The Morgan fingerprint density at radius 2 is 1.76 bits per heavy atom. The zero-order valence-electron chi connectivity index (χ0n) is 9.77. The summed E-state index contributed by atoms with van der Waals surface area (Å²) in [6.07, 6.45) is 5.41. The van der Waals surface area contributed by atoms with E-state index in [9.17, 15) is 0 Å². The van der Waals surface area contributed by atoms with Gasteiger partial charge in [-0.2, -0.15) is 4.98 Å². The molecule has 3 rings (SSSR count). The van der Waals surface area contributed by atoms with E-state index >= 15 is 0 Å². The maximum absolute atomic E-state index is 5.78. The largest absolute Gasteiger partial charge is 0.383 e. The van der Waals surface area contributed by atoms with Crippen LogP contribution in [0.2, 0.25) is 0 Å². The minimum Gasteiger partial charge on any atom is -0.383 e. The highest BCUT2D eigenvalue weighted by Crippen LogP contribution is 2.35. The molecular weight excluding hydrogens is 280 g/mol. The lowest BCUT2D eigenvalue weighted by atomic mass is 10.3. The zero-order chi connectivity index (χ0) is 11.8. The molecule has 0 bridgehead atoms. The van der Waals surface area contributed by atoms with E-state index in [1.54, 1.807) is 6.07 Å². The molecule has 92 valence electrons. The Balaban J connectivity index is 1.78. The Bertz CT molecular complexity index is 381. The van der Waals surface area contributed by atoms with E-state index in [0.29, 0.717) is 5.82 Å². The van der Waals surface area contributed by atoms with Gasteiger partial charge in [0.2, 0.25) is 5.95 Å². The summed E-state index contributed by atoms with van der Waals surface area (Å²) in [6.45, 7) is 2.18. The molecular formula is C12H17BrN4. The number of nitrogens with zero attached hydrogens (tertiary/aromatic N) is 3. The lowest BCUT2D eigenvalue weighted by molar-refractivity contribution is 0.661. The minimum absolute atomic E-state index is 0.540. The molecule has 5 heteroatoms. The molecule has 0 aromatic carbocycles. The van der Waals surface area contributed by atoms with Crippen molar-refractivity contribution < 1.29 is 0 Å². The Morgan fingerprint density at radius 1 is 1.18 bits per heavy atom. The average molecular weight is 297 g/mol. The van der Waals surface area contributed by atoms with E-state index in [0.717, 1.165) is 35.5 Å². The number of rotatable bonds is 5. The summed E-state index contributed by atoms with van der Waals surface area (Å²) >= 11 is 3.39. The van der Waals surface area contributed by atoms with E-state index in [2.05, 4.69) is 30.8 Å². The molecule has 0 saturated heterocycles. The van der Waals surface area contributed by atoms with Crippen molar-refractivity contribution in [3.8, 4) is 0 Å². The number of nitrogen functional groups attached to an aromatic ring is 1. The second kappa shape index (κ2) is 4.44. The fraction of sp³-hybridized carbons (Fsp3) is 0.667. The van der Waals surface area contributed by atoms with Gasteiger partial charge in [0.1, 0.15) is 10.4 Å². The molecule has 4 nitrogen and oxygen atoms in total. The fourth-order valence-electron chi connectivity index (χ4n) is 2.03. The van der Waals surface area contributed by atoms with Crippen LogP contribution in [0.4, 0.5) is 11.8 Å². The lowest BCUT2D eigenvalue weighted by Gasteiger charge is -2.22. The van der Waals surface area contributed by atoms with Crippen molar-refractivity contribution in [2.24, 2.45) is 11.8 Å². The number of halogens is 1. The third-order valence-corrected chi connectivity index (χ3v) is 3.74. The first-order valence-electron chi connectivity index (χ1n) is 6.25. The molecule has 1 heterocycles. The lowest BCUT2D eigenvalue weighted by Crippen LogP contribution is -2.30. The minimum atomic E-state index is 0.540. The fourth-order valence-corrected chi connectivity index (χ4v) is 2.42. The molecule has 17 heavy (non-hydrogen) atoms. The van der Waals surface area contributed by atoms with Crippen molar-refractivity contribution in [1.82, 2.24) is 9.97 Å². The van der Waals surface area contributed by atoms with E-state index in [4.69, 9.17) is 5.73 Å². The van der Waals surface area contributed by atoms with Crippen LogP contribution in [0.1, 0.15) is 25.7 Å². The van der Waals surface area contributed by atoms with Gasteiger partial charge >= 0.3 is 0 Å². The summed E-state index contributed by atoms with van der Waals surface area (Å²) in [5, 5.41) is 0. The number of aromatic nitrogens is 2. The van der Waals surface area contributed by atoms with Gasteiger partial charge in [-0.05, 0) is 53.4 Å². The molecule has 2 aliphatic rings. The summed E-state index contributed by atoms with van der Waals surface area (Å²) in [4.78, 5) is 11.1. The van der Waals surface area contributed by atoms with Crippen LogP contribution < -0.4 is 10.6 Å². The van der Waals surface area contributed by atoms with Crippen molar-refractivity contribution >= 4 is 27.7 Å². The third kappa shape index (κ3) is 3.09. The van der Waals surface area contributed by atoms with Crippen LogP contribution in [0.5, 0.6) is 0 Å². The Labute approximate surface area is 110 Å². The van der Waals surface area contributed by atoms with E-state index in [-0.39, 0.29) is 0 Å². The monoisotopic (exact) mass is 296 g/mol. The quantitative estimate of drug-likeness (QED) is 0.848. The molecule has 0 amide bonds. The van der Waals surface area contributed by atoms with E-state index in [1.807, 2.05) is 0 Å². The summed E-state index contributed by atoms with van der Waals surface area (Å²) in [7, 11) is 0. The SMILES string of the molecule is Nc1cc(Br)nc(N(CC2CC2)CC2CC2)n1. The molecule has 0 atom stereocenters. The Morgan fingerprint density at radius 3 is 2.24 bits per heavy atom. The van der Waals surface area contributed by atoms with Gasteiger partial charge < -0.3 is 10.6 Å². The van der Waals surface area contributed by atoms with Gasteiger partial charge in [0, 0.05) is 19.2 Å². The molecule has 2 saturated carbocycles. The van der Waals surface area contributed by atoms with Crippen LogP contribution in [0, 0.1) is 11.8 Å². The number of hydrogen-bond acceptors (Lipinski definition) is 4. The molecule has 0 radical (unpaired) electrons. The second-order valence-corrected chi connectivity index (χ2v) is 6.02. The highest BCUT2D eigenvalue weighted by atomic mass is 79.9. The number of hydrogen-bond donors (Lipinski definition) is 1. The first kappa shape index (κ1) is 11.3. The Hall–Kier alpha value is -0.840. The van der Waals surface area contributed by atoms with Crippen molar-refractivity contribution in [3.63, 3.8) is 0 Å². The average Bonchev–Trinajstić information content (AvgIpc) is 3.09. The van der Waals surface area contributed by atoms with E-state index < -0.39 is 0 Å². The van der Waals surface area contributed by atoms with Crippen LogP contribution in [-0.4, -0.2) is 23.1 Å². The van der Waals surface area contributed by atoms with Crippen LogP contribution in [-0.2, 0) is 0 Å². The summed E-state index contributed by atoms with van der Waals surface area (Å²) in [5.41, 5.74) is 5.78. The van der Waals surface area contributed by atoms with Crippen LogP contribution >= 0.6 is 15.9 Å². The van der Waals surface area contributed by atoms with Crippen molar-refractivity contribution in [2.45, 2.75) is 25.7 Å². The molecule has 1 aromatic heterocycles. The molecule has 2 N–H and O–H groups in total. The number of anilines is 2. The standard InChI is InChI=1S/C12H17BrN4/c13-10-5-11(14)16-12(15-10)17(6-8-1-2-8)7-9-3-4-9/h5,8-9H,1-4,6-7H2,(H2,14,15,16). The van der Waals surface area contributed by atoms with Gasteiger partial charge in [0.25, 0.3) is 0 Å². The van der Waals surface area contributed by atoms with E-state index in [1.165, 1.54) is 25.7 Å². The van der Waals surface area contributed by atoms with Crippen molar-refractivity contribution in [3.05, 3.63) is 10.7 Å². The predicted molar refractivity (Wildman–Crippen MR) is 71.8 cm³/mol. The molecule has 2 aliphatic carbocycles. The van der Waals surface area contributed by atoms with Crippen LogP contribution in [0.25, 0.3) is 0 Å². The van der Waals surface area contributed by atoms with Crippen molar-refractivity contribution in [2.75, 3.05) is 23.7 Å². The summed E-state index contributed by atoms with van der Waals surface area (Å²) in [5.74, 6) is 3.02. The highest BCUT2D eigenvalue weighted by molar-refractivity contribution is 9.10. The van der Waals surface area contributed by atoms with Crippen molar-refractivity contribution in [1.29, 1.82) is 0 Å². The van der Waals surface area contributed by atoms with Gasteiger partial charge in [0.15, 0.2) is 0 Å². The van der Waals surface area contributed by atoms with Gasteiger partial charge in [-0.25, -0.2) is 4.98 Å². The number of nitrogens with two attached hydrogens (primary N) is 1. The summed E-state index contributed by atoms with van der Waals surface area (Å²) in [6, 6.07) is 1.75. The molecule has 1 aromatic rings. The predicted octanol–water partition coefficient (Wildman–Crippen LogP) is 2.45. The highest BCUT2D eigenvalue weighted by Gasteiger charge is 2.30. The van der Waals surface area contributed by atoms with Crippen LogP contribution in [0.15, 0.2) is 10.7 Å². The normalized spacial score (nSPS) is 19.4. The Kier molecular flexibility index (Phi) is 2.94. The van der Waals surface area contributed by atoms with Gasteiger partial charge in [0.05, 0.1) is 0 Å². The maximum Gasteiger partial charge on any atom is 0.228 e. The first-order chi connectivity index (χ1) is 8.20. The molecule has 0 unspecified atom stereocenters. The first-order valence-corrected chi connectivity index (χ1v) is 7.05.